The zero-order chi connectivity index (χ0) is 13.8. The number of halogens is 2. The smallest absolute Gasteiger partial charge is 0.0781 e. The summed E-state index contributed by atoms with van der Waals surface area (Å²) in [5.41, 5.74) is 0.783. The van der Waals surface area contributed by atoms with Crippen molar-refractivity contribution in [2.75, 3.05) is 13.7 Å². The van der Waals surface area contributed by atoms with Crippen molar-refractivity contribution in [3.8, 4) is 0 Å². The molecular weight excluding hydrogens is 269 g/mol. The summed E-state index contributed by atoms with van der Waals surface area (Å²) in [5.74, 6) is 0. The molecule has 0 aromatic heterocycles. The van der Waals surface area contributed by atoms with E-state index in [2.05, 4.69) is 19.2 Å². The number of ether oxygens (including phenoxy) is 1. The Hall–Kier alpha value is -0.280. The molecule has 18 heavy (non-hydrogen) atoms. The lowest BCUT2D eigenvalue weighted by atomic mass is 9.92. The Labute approximate surface area is 120 Å². The van der Waals surface area contributed by atoms with Crippen LogP contribution < -0.4 is 5.32 Å². The first-order valence-corrected chi connectivity index (χ1v) is 6.91. The molecule has 1 aromatic carbocycles. The van der Waals surface area contributed by atoms with Crippen LogP contribution >= 0.6 is 23.2 Å². The summed E-state index contributed by atoms with van der Waals surface area (Å²) in [6.45, 7) is 6.85. The lowest BCUT2D eigenvalue weighted by molar-refractivity contribution is -0.0363. The molecule has 0 saturated carbocycles. The van der Waals surface area contributed by atoms with Crippen molar-refractivity contribution in [2.45, 2.75) is 38.8 Å². The van der Waals surface area contributed by atoms with Gasteiger partial charge in [-0.25, -0.2) is 0 Å². The molecule has 4 heteroatoms. The molecule has 1 aromatic rings. The van der Waals surface area contributed by atoms with Gasteiger partial charge < -0.3 is 10.1 Å². The van der Waals surface area contributed by atoms with E-state index in [4.69, 9.17) is 27.9 Å². The lowest BCUT2D eigenvalue weighted by Crippen LogP contribution is -2.48. The maximum absolute atomic E-state index is 6.20. The normalized spacial score (nSPS) is 13.7. The Morgan fingerprint density at radius 1 is 1.33 bits per heavy atom. The van der Waals surface area contributed by atoms with Crippen molar-refractivity contribution in [3.63, 3.8) is 0 Å². The van der Waals surface area contributed by atoms with Crippen LogP contribution in [0.3, 0.4) is 0 Å². The van der Waals surface area contributed by atoms with Gasteiger partial charge in [-0.2, -0.15) is 0 Å². The van der Waals surface area contributed by atoms with Gasteiger partial charge in [-0.1, -0.05) is 23.2 Å². The van der Waals surface area contributed by atoms with Gasteiger partial charge in [0.15, 0.2) is 0 Å². The van der Waals surface area contributed by atoms with Gasteiger partial charge in [0.05, 0.1) is 5.60 Å². The van der Waals surface area contributed by atoms with Crippen LogP contribution in [0.5, 0.6) is 0 Å². The third-order valence-electron chi connectivity index (χ3n) is 3.14. The summed E-state index contributed by atoms with van der Waals surface area (Å²) in [7, 11) is 1.93. The zero-order valence-corrected chi connectivity index (χ0v) is 12.9. The molecule has 1 atom stereocenters. The molecular formula is C14H21Cl2NO. The summed E-state index contributed by atoms with van der Waals surface area (Å²) < 4.78 is 5.79. The van der Waals surface area contributed by atoms with E-state index in [-0.39, 0.29) is 11.6 Å². The van der Waals surface area contributed by atoms with Crippen molar-refractivity contribution < 1.29 is 4.74 Å². The van der Waals surface area contributed by atoms with E-state index in [1.54, 1.807) is 6.07 Å². The van der Waals surface area contributed by atoms with E-state index in [1.165, 1.54) is 0 Å². The average molecular weight is 290 g/mol. The average Bonchev–Trinajstić information content (AvgIpc) is 2.29. The third-order valence-corrected chi connectivity index (χ3v) is 3.74. The first kappa shape index (κ1) is 15.8. The Bertz CT molecular complexity index is 393. The van der Waals surface area contributed by atoms with Crippen molar-refractivity contribution in [1.29, 1.82) is 0 Å². The SMILES string of the molecule is CCOC(C)(C)C(Cc1cc(Cl)ccc1Cl)NC. The summed E-state index contributed by atoms with van der Waals surface area (Å²) in [6, 6.07) is 5.72. The molecule has 0 aliphatic heterocycles. The summed E-state index contributed by atoms with van der Waals surface area (Å²) in [6.07, 6.45) is 0.781. The van der Waals surface area contributed by atoms with Gasteiger partial charge in [-0.3, -0.25) is 0 Å². The zero-order valence-electron chi connectivity index (χ0n) is 11.4. The van der Waals surface area contributed by atoms with E-state index >= 15 is 0 Å². The molecule has 0 aliphatic rings. The summed E-state index contributed by atoms with van der Waals surface area (Å²) in [5, 5.41) is 4.75. The predicted octanol–water partition coefficient (Wildman–Crippen LogP) is 3.94. The van der Waals surface area contributed by atoms with Crippen LogP contribution in [0.2, 0.25) is 10.0 Å². The van der Waals surface area contributed by atoms with Gasteiger partial charge in [0.25, 0.3) is 0 Å². The van der Waals surface area contributed by atoms with Crippen LogP contribution in [0.4, 0.5) is 0 Å². The minimum atomic E-state index is -0.255. The highest BCUT2D eigenvalue weighted by molar-refractivity contribution is 6.33. The number of likely N-dealkylation sites (N-methyl/N-ethyl adjacent to an activating group) is 1. The Morgan fingerprint density at radius 3 is 2.56 bits per heavy atom. The molecule has 0 saturated heterocycles. The number of rotatable bonds is 6. The van der Waals surface area contributed by atoms with Crippen molar-refractivity contribution in [3.05, 3.63) is 33.8 Å². The highest BCUT2D eigenvalue weighted by Crippen LogP contribution is 2.25. The summed E-state index contributed by atoms with van der Waals surface area (Å²) in [4.78, 5) is 0. The monoisotopic (exact) mass is 289 g/mol. The minimum Gasteiger partial charge on any atom is -0.374 e. The molecule has 2 nitrogen and oxygen atoms in total. The van der Waals surface area contributed by atoms with Crippen LogP contribution in [-0.4, -0.2) is 25.3 Å². The molecule has 0 fully saturated rings. The quantitative estimate of drug-likeness (QED) is 0.857. The molecule has 0 bridgehead atoms. The van der Waals surface area contributed by atoms with Gasteiger partial charge in [0.2, 0.25) is 0 Å². The molecule has 0 spiro atoms. The standard InChI is InChI=1S/C14H21Cl2NO/c1-5-18-14(2,3)13(17-4)9-10-8-11(15)6-7-12(10)16/h6-8,13,17H,5,9H2,1-4H3. The Morgan fingerprint density at radius 2 is 2.00 bits per heavy atom. The second-order valence-corrected chi connectivity index (χ2v) is 5.66. The number of hydrogen-bond donors (Lipinski definition) is 1. The largest absolute Gasteiger partial charge is 0.374 e. The second kappa shape index (κ2) is 6.76. The van der Waals surface area contributed by atoms with Crippen molar-refractivity contribution in [1.82, 2.24) is 5.32 Å². The van der Waals surface area contributed by atoms with E-state index in [0.29, 0.717) is 11.6 Å². The van der Waals surface area contributed by atoms with E-state index in [9.17, 15) is 0 Å². The first-order chi connectivity index (χ1) is 8.40. The fourth-order valence-electron chi connectivity index (χ4n) is 2.09. The maximum atomic E-state index is 6.20. The van der Waals surface area contributed by atoms with Crippen LogP contribution in [0.1, 0.15) is 26.3 Å². The fourth-order valence-corrected chi connectivity index (χ4v) is 2.48. The number of benzene rings is 1. The second-order valence-electron chi connectivity index (χ2n) is 4.82. The van der Waals surface area contributed by atoms with Crippen LogP contribution in [-0.2, 0) is 11.2 Å². The molecule has 0 amide bonds. The molecule has 1 rings (SSSR count). The van der Waals surface area contributed by atoms with E-state index in [1.807, 2.05) is 26.1 Å². The molecule has 0 heterocycles. The molecule has 1 unspecified atom stereocenters. The fraction of sp³-hybridized carbons (Fsp3) is 0.571. The minimum absolute atomic E-state index is 0.174. The van der Waals surface area contributed by atoms with Crippen molar-refractivity contribution in [2.24, 2.45) is 0 Å². The van der Waals surface area contributed by atoms with Gasteiger partial charge in [-0.05, 0) is 58.0 Å². The highest BCUT2D eigenvalue weighted by Gasteiger charge is 2.29. The van der Waals surface area contributed by atoms with E-state index < -0.39 is 0 Å². The van der Waals surface area contributed by atoms with Gasteiger partial charge in [0, 0.05) is 22.7 Å². The maximum Gasteiger partial charge on any atom is 0.0781 e. The molecule has 0 radical (unpaired) electrons. The molecule has 0 aliphatic carbocycles. The topological polar surface area (TPSA) is 21.3 Å². The summed E-state index contributed by atoms with van der Waals surface area (Å²) >= 11 is 12.2. The Kier molecular flexibility index (Phi) is 5.93. The number of hydrogen-bond acceptors (Lipinski definition) is 2. The van der Waals surface area contributed by atoms with Gasteiger partial charge in [0.1, 0.15) is 0 Å². The highest BCUT2D eigenvalue weighted by atomic mass is 35.5. The van der Waals surface area contributed by atoms with Crippen molar-refractivity contribution >= 4 is 23.2 Å². The van der Waals surface area contributed by atoms with Gasteiger partial charge in [-0.15, -0.1) is 0 Å². The first-order valence-electron chi connectivity index (χ1n) is 6.16. The number of nitrogens with one attached hydrogen (secondary N) is 1. The van der Waals surface area contributed by atoms with Gasteiger partial charge >= 0.3 is 0 Å². The third kappa shape index (κ3) is 4.13. The predicted molar refractivity (Wildman–Crippen MR) is 78.7 cm³/mol. The van der Waals surface area contributed by atoms with E-state index in [0.717, 1.165) is 17.0 Å². The van der Waals surface area contributed by atoms with Crippen LogP contribution in [0.15, 0.2) is 18.2 Å². The molecule has 1 N–H and O–H groups in total. The Balaban J connectivity index is 2.89. The lowest BCUT2D eigenvalue weighted by Gasteiger charge is -2.34. The molecule has 102 valence electrons. The van der Waals surface area contributed by atoms with Crippen LogP contribution in [0, 0.1) is 0 Å². The van der Waals surface area contributed by atoms with Crippen LogP contribution in [0.25, 0.3) is 0 Å².